The highest BCUT2D eigenvalue weighted by Gasteiger charge is 2.19. The molecule has 1 unspecified atom stereocenters. The van der Waals surface area contributed by atoms with E-state index in [1.165, 1.54) is 18.4 Å². The minimum Gasteiger partial charge on any atom is -0.497 e. The standard InChI is InChI=1S/C16H24N2O3/c1-21-15-6-2-4-13(8-15)11-18-7-3-5-14(12-18)9-17-10-16(19)20/h2,4,6,8,14,17H,3,5,7,9-12H2,1H3,(H,19,20). The van der Waals surface area contributed by atoms with Crippen LogP contribution in [0.2, 0.25) is 0 Å². The van der Waals surface area contributed by atoms with Gasteiger partial charge < -0.3 is 15.2 Å². The van der Waals surface area contributed by atoms with Gasteiger partial charge in [-0.1, -0.05) is 12.1 Å². The van der Waals surface area contributed by atoms with Gasteiger partial charge in [-0.25, -0.2) is 0 Å². The summed E-state index contributed by atoms with van der Waals surface area (Å²) in [4.78, 5) is 13.0. The highest BCUT2D eigenvalue weighted by atomic mass is 16.5. The Labute approximate surface area is 125 Å². The summed E-state index contributed by atoms with van der Waals surface area (Å²) < 4.78 is 5.26. The third-order valence-electron chi connectivity index (χ3n) is 3.85. The van der Waals surface area contributed by atoms with Gasteiger partial charge in [0.05, 0.1) is 13.7 Å². The molecule has 2 N–H and O–H groups in total. The van der Waals surface area contributed by atoms with Gasteiger partial charge in [0, 0.05) is 13.1 Å². The van der Waals surface area contributed by atoms with E-state index in [0.29, 0.717) is 5.92 Å². The quantitative estimate of drug-likeness (QED) is 0.799. The molecule has 1 aliphatic heterocycles. The maximum Gasteiger partial charge on any atom is 0.317 e. The molecule has 0 bridgehead atoms. The second-order valence-electron chi connectivity index (χ2n) is 5.62. The lowest BCUT2D eigenvalue weighted by atomic mass is 9.97. The van der Waals surface area contributed by atoms with Gasteiger partial charge in [-0.15, -0.1) is 0 Å². The molecule has 1 aromatic rings. The van der Waals surface area contributed by atoms with Crippen LogP contribution in [-0.4, -0.2) is 49.3 Å². The van der Waals surface area contributed by atoms with Crippen LogP contribution in [0.4, 0.5) is 0 Å². The van der Waals surface area contributed by atoms with Gasteiger partial charge in [-0.05, 0) is 49.5 Å². The molecule has 0 saturated carbocycles. The van der Waals surface area contributed by atoms with Gasteiger partial charge >= 0.3 is 5.97 Å². The molecule has 116 valence electrons. The Kier molecular flexibility index (Phi) is 6.02. The first-order chi connectivity index (χ1) is 10.2. The number of carbonyl (C=O) groups is 1. The monoisotopic (exact) mass is 292 g/mol. The number of likely N-dealkylation sites (tertiary alicyclic amines) is 1. The Morgan fingerprint density at radius 2 is 2.38 bits per heavy atom. The van der Waals surface area contributed by atoms with E-state index >= 15 is 0 Å². The predicted octanol–water partition coefficient (Wildman–Crippen LogP) is 1.58. The maximum atomic E-state index is 10.5. The Bertz CT molecular complexity index is 465. The van der Waals surface area contributed by atoms with E-state index in [2.05, 4.69) is 22.3 Å². The van der Waals surface area contributed by atoms with E-state index < -0.39 is 5.97 Å². The molecule has 0 spiro atoms. The average Bonchev–Trinajstić information content (AvgIpc) is 2.47. The number of hydrogen-bond donors (Lipinski definition) is 2. The van der Waals surface area contributed by atoms with Crippen LogP contribution in [-0.2, 0) is 11.3 Å². The number of carboxylic acid groups (broad SMARTS) is 1. The van der Waals surface area contributed by atoms with E-state index in [4.69, 9.17) is 9.84 Å². The van der Waals surface area contributed by atoms with Crippen molar-refractivity contribution in [2.45, 2.75) is 19.4 Å². The summed E-state index contributed by atoms with van der Waals surface area (Å²) in [6.07, 6.45) is 2.34. The molecule has 5 heteroatoms. The van der Waals surface area contributed by atoms with Crippen LogP contribution < -0.4 is 10.1 Å². The van der Waals surface area contributed by atoms with E-state index in [9.17, 15) is 4.79 Å². The molecule has 1 heterocycles. The summed E-state index contributed by atoms with van der Waals surface area (Å²) in [5.74, 6) is 0.631. The number of carboxylic acids is 1. The maximum absolute atomic E-state index is 10.5. The fraction of sp³-hybridized carbons (Fsp3) is 0.562. The van der Waals surface area contributed by atoms with Gasteiger partial charge in [-0.2, -0.15) is 0 Å². The number of hydrogen-bond acceptors (Lipinski definition) is 4. The molecule has 0 radical (unpaired) electrons. The molecule has 1 atom stereocenters. The van der Waals surface area contributed by atoms with Crippen molar-refractivity contribution >= 4 is 5.97 Å². The lowest BCUT2D eigenvalue weighted by molar-refractivity contribution is -0.136. The summed E-state index contributed by atoms with van der Waals surface area (Å²) in [5, 5.41) is 11.7. The Hall–Kier alpha value is -1.59. The van der Waals surface area contributed by atoms with Crippen LogP contribution in [0.15, 0.2) is 24.3 Å². The number of aliphatic carboxylic acids is 1. The molecule has 1 aliphatic rings. The van der Waals surface area contributed by atoms with Crippen molar-refractivity contribution in [3.05, 3.63) is 29.8 Å². The molecule has 0 amide bonds. The Balaban J connectivity index is 1.81. The minimum atomic E-state index is -0.793. The molecule has 0 aromatic heterocycles. The van der Waals surface area contributed by atoms with Gasteiger partial charge in [-0.3, -0.25) is 9.69 Å². The first-order valence-corrected chi connectivity index (χ1v) is 7.45. The SMILES string of the molecule is COc1cccc(CN2CCCC(CNCC(=O)O)C2)c1. The fourth-order valence-electron chi connectivity index (χ4n) is 2.87. The molecule has 1 saturated heterocycles. The van der Waals surface area contributed by atoms with Crippen LogP contribution in [0.3, 0.4) is 0 Å². The second kappa shape index (κ2) is 8.00. The van der Waals surface area contributed by atoms with Crippen molar-refractivity contribution in [3.8, 4) is 5.75 Å². The van der Waals surface area contributed by atoms with E-state index in [-0.39, 0.29) is 6.54 Å². The van der Waals surface area contributed by atoms with Gasteiger partial charge in [0.15, 0.2) is 0 Å². The first kappa shape index (κ1) is 15.8. The van der Waals surface area contributed by atoms with Crippen molar-refractivity contribution in [1.82, 2.24) is 10.2 Å². The number of benzene rings is 1. The second-order valence-corrected chi connectivity index (χ2v) is 5.62. The Morgan fingerprint density at radius 3 is 3.14 bits per heavy atom. The largest absolute Gasteiger partial charge is 0.497 e. The van der Waals surface area contributed by atoms with Gasteiger partial charge in [0.1, 0.15) is 5.75 Å². The van der Waals surface area contributed by atoms with Crippen LogP contribution >= 0.6 is 0 Å². The topological polar surface area (TPSA) is 61.8 Å². The van der Waals surface area contributed by atoms with Crippen molar-refractivity contribution in [2.75, 3.05) is 33.3 Å². The van der Waals surface area contributed by atoms with E-state index in [1.807, 2.05) is 12.1 Å². The summed E-state index contributed by atoms with van der Waals surface area (Å²) >= 11 is 0. The summed E-state index contributed by atoms with van der Waals surface area (Å²) in [6, 6.07) is 8.17. The molecule has 1 fully saturated rings. The van der Waals surface area contributed by atoms with Crippen molar-refractivity contribution < 1.29 is 14.6 Å². The number of rotatable bonds is 7. The zero-order valence-corrected chi connectivity index (χ0v) is 12.5. The number of methoxy groups -OCH3 is 1. The summed E-state index contributed by atoms with van der Waals surface area (Å²) in [5.41, 5.74) is 1.26. The van der Waals surface area contributed by atoms with Crippen molar-refractivity contribution in [2.24, 2.45) is 5.92 Å². The van der Waals surface area contributed by atoms with Crippen LogP contribution in [0.5, 0.6) is 5.75 Å². The van der Waals surface area contributed by atoms with Gasteiger partial charge in [0.2, 0.25) is 0 Å². The number of nitrogens with zero attached hydrogens (tertiary/aromatic N) is 1. The van der Waals surface area contributed by atoms with Crippen LogP contribution in [0.25, 0.3) is 0 Å². The molecular weight excluding hydrogens is 268 g/mol. The van der Waals surface area contributed by atoms with Crippen molar-refractivity contribution in [3.63, 3.8) is 0 Å². The molecular formula is C16H24N2O3. The van der Waals surface area contributed by atoms with E-state index in [1.54, 1.807) is 7.11 Å². The van der Waals surface area contributed by atoms with Crippen molar-refractivity contribution in [1.29, 1.82) is 0 Å². The minimum absolute atomic E-state index is 0.0480. The average molecular weight is 292 g/mol. The normalized spacial score (nSPS) is 19.4. The van der Waals surface area contributed by atoms with Gasteiger partial charge in [0.25, 0.3) is 0 Å². The lowest BCUT2D eigenvalue weighted by Crippen LogP contribution is -2.40. The Morgan fingerprint density at radius 1 is 1.52 bits per heavy atom. The highest BCUT2D eigenvalue weighted by molar-refractivity contribution is 5.68. The molecule has 5 nitrogen and oxygen atoms in total. The number of piperidine rings is 1. The summed E-state index contributed by atoms with van der Waals surface area (Å²) in [6.45, 7) is 3.87. The number of nitrogens with one attached hydrogen (secondary N) is 1. The highest BCUT2D eigenvalue weighted by Crippen LogP contribution is 2.20. The van der Waals surface area contributed by atoms with E-state index in [0.717, 1.165) is 31.9 Å². The zero-order valence-electron chi connectivity index (χ0n) is 12.5. The molecule has 0 aliphatic carbocycles. The van der Waals surface area contributed by atoms with Crippen LogP contribution in [0.1, 0.15) is 18.4 Å². The third-order valence-corrected chi connectivity index (χ3v) is 3.85. The fourth-order valence-corrected chi connectivity index (χ4v) is 2.87. The molecule has 2 rings (SSSR count). The number of ether oxygens (including phenoxy) is 1. The zero-order chi connectivity index (χ0) is 15.1. The lowest BCUT2D eigenvalue weighted by Gasteiger charge is -2.32. The molecule has 1 aromatic carbocycles. The first-order valence-electron chi connectivity index (χ1n) is 7.45. The summed E-state index contributed by atoms with van der Waals surface area (Å²) in [7, 11) is 1.68. The van der Waals surface area contributed by atoms with Crippen LogP contribution in [0, 0.1) is 5.92 Å². The molecule has 21 heavy (non-hydrogen) atoms. The smallest absolute Gasteiger partial charge is 0.317 e. The predicted molar refractivity (Wildman–Crippen MR) is 81.5 cm³/mol. The third kappa shape index (κ3) is 5.36.